The number of anilines is 2. The van der Waals surface area contributed by atoms with Crippen LogP contribution in [0.1, 0.15) is 0 Å². The molecule has 0 atom stereocenters. The number of amides is 2. The zero-order chi connectivity index (χ0) is 15.7. The van der Waals surface area contributed by atoms with Gasteiger partial charge in [-0.2, -0.15) is 0 Å². The highest BCUT2D eigenvalue weighted by Gasteiger charge is 2.17. The van der Waals surface area contributed by atoms with Crippen LogP contribution in [0.25, 0.3) is 10.9 Å². The minimum Gasteiger partial charge on any atom is -0.351 e. The van der Waals surface area contributed by atoms with Gasteiger partial charge in [0.15, 0.2) is 0 Å². The molecule has 22 heavy (non-hydrogen) atoms. The van der Waals surface area contributed by atoms with Crippen molar-refractivity contribution in [3.8, 4) is 0 Å². The standard InChI is InChI=1S/C17H18N4O/c1-19-10-8-13-11-14(6-7-16(13)19)20(2)17(22)21(3)15-5-4-9-18-12-15/h4-12H,1-3H3. The van der Waals surface area contributed by atoms with E-state index >= 15 is 0 Å². The normalized spacial score (nSPS) is 10.7. The van der Waals surface area contributed by atoms with Crippen molar-refractivity contribution >= 4 is 28.3 Å². The minimum atomic E-state index is -0.108. The SMILES string of the molecule is CN(C(=O)N(C)c1ccc2c(ccn2C)c1)c1cccnc1. The van der Waals surface area contributed by atoms with Crippen molar-refractivity contribution in [2.24, 2.45) is 7.05 Å². The molecule has 0 aliphatic rings. The summed E-state index contributed by atoms with van der Waals surface area (Å²) in [5, 5.41) is 1.11. The summed E-state index contributed by atoms with van der Waals surface area (Å²) in [5.74, 6) is 0. The molecular weight excluding hydrogens is 276 g/mol. The molecule has 0 aliphatic carbocycles. The third-order valence-corrected chi connectivity index (χ3v) is 3.86. The summed E-state index contributed by atoms with van der Waals surface area (Å²) >= 11 is 0. The summed E-state index contributed by atoms with van der Waals surface area (Å²) in [5.41, 5.74) is 2.77. The molecular formula is C17H18N4O. The van der Waals surface area contributed by atoms with Gasteiger partial charge in [0.25, 0.3) is 0 Å². The molecule has 0 saturated heterocycles. The molecule has 3 rings (SSSR count). The maximum atomic E-state index is 12.6. The molecule has 1 aromatic carbocycles. The van der Waals surface area contributed by atoms with E-state index in [1.165, 1.54) is 0 Å². The lowest BCUT2D eigenvalue weighted by Gasteiger charge is -2.25. The average Bonchev–Trinajstić information content (AvgIpc) is 2.94. The molecule has 0 saturated carbocycles. The zero-order valence-electron chi connectivity index (χ0n) is 12.9. The van der Waals surface area contributed by atoms with Crippen molar-refractivity contribution in [3.63, 3.8) is 0 Å². The van der Waals surface area contributed by atoms with Crippen LogP contribution < -0.4 is 9.80 Å². The van der Waals surface area contributed by atoms with E-state index in [-0.39, 0.29) is 6.03 Å². The highest BCUT2D eigenvalue weighted by atomic mass is 16.2. The van der Waals surface area contributed by atoms with Crippen LogP contribution in [0.4, 0.5) is 16.2 Å². The third-order valence-electron chi connectivity index (χ3n) is 3.86. The van der Waals surface area contributed by atoms with Gasteiger partial charge in [-0.05, 0) is 36.4 Å². The molecule has 0 aliphatic heterocycles. The van der Waals surface area contributed by atoms with Crippen LogP contribution in [0.15, 0.2) is 55.0 Å². The van der Waals surface area contributed by atoms with Crippen LogP contribution in [0.3, 0.4) is 0 Å². The van der Waals surface area contributed by atoms with Gasteiger partial charge in [-0.1, -0.05) is 0 Å². The Morgan fingerprint density at radius 1 is 1.09 bits per heavy atom. The molecule has 0 radical (unpaired) electrons. The third kappa shape index (κ3) is 2.41. The van der Waals surface area contributed by atoms with Gasteiger partial charge in [-0.15, -0.1) is 0 Å². The first-order chi connectivity index (χ1) is 10.6. The molecule has 0 unspecified atom stereocenters. The van der Waals surface area contributed by atoms with Gasteiger partial charge >= 0.3 is 6.03 Å². The van der Waals surface area contributed by atoms with Crippen LogP contribution in [0.2, 0.25) is 0 Å². The Morgan fingerprint density at radius 3 is 2.59 bits per heavy atom. The van der Waals surface area contributed by atoms with Gasteiger partial charge in [-0.3, -0.25) is 14.8 Å². The molecule has 5 nitrogen and oxygen atoms in total. The molecule has 3 aromatic rings. The highest BCUT2D eigenvalue weighted by Crippen LogP contribution is 2.23. The first-order valence-electron chi connectivity index (χ1n) is 7.04. The second kappa shape index (κ2) is 5.52. The van der Waals surface area contributed by atoms with E-state index in [1.54, 1.807) is 36.3 Å². The summed E-state index contributed by atoms with van der Waals surface area (Å²) < 4.78 is 2.06. The summed E-state index contributed by atoms with van der Waals surface area (Å²) in [6, 6.07) is 11.6. The monoisotopic (exact) mass is 294 g/mol. The lowest BCUT2D eigenvalue weighted by molar-refractivity contribution is 0.253. The first-order valence-corrected chi connectivity index (χ1v) is 7.04. The molecule has 0 N–H and O–H groups in total. The molecule has 112 valence electrons. The van der Waals surface area contributed by atoms with Crippen molar-refractivity contribution in [1.29, 1.82) is 0 Å². The Morgan fingerprint density at radius 2 is 1.86 bits per heavy atom. The molecule has 0 bridgehead atoms. The number of carbonyl (C=O) groups is 1. The van der Waals surface area contributed by atoms with Crippen molar-refractivity contribution in [2.45, 2.75) is 0 Å². The number of pyridine rings is 1. The summed E-state index contributed by atoms with van der Waals surface area (Å²) in [7, 11) is 5.53. The van der Waals surface area contributed by atoms with E-state index in [0.29, 0.717) is 0 Å². The van der Waals surface area contributed by atoms with Crippen molar-refractivity contribution in [1.82, 2.24) is 9.55 Å². The number of fused-ring (bicyclic) bond motifs is 1. The summed E-state index contributed by atoms with van der Waals surface area (Å²) in [6.07, 6.45) is 5.37. The first kappa shape index (κ1) is 14.1. The Hall–Kier alpha value is -2.82. The number of carbonyl (C=O) groups excluding carboxylic acids is 1. The fourth-order valence-electron chi connectivity index (χ4n) is 2.48. The predicted octanol–water partition coefficient (Wildman–Crippen LogP) is 3.27. The molecule has 5 heteroatoms. The van der Waals surface area contributed by atoms with E-state index in [1.807, 2.05) is 49.6 Å². The lowest BCUT2D eigenvalue weighted by Crippen LogP contribution is -2.38. The van der Waals surface area contributed by atoms with Crippen molar-refractivity contribution in [3.05, 3.63) is 55.0 Å². The number of benzene rings is 1. The average molecular weight is 294 g/mol. The predicted molar refractivity (Wildman–Crippen MR) is 89.4 cm³/mol. The summed E-state index contributed by atoms with van der Waals surface area (Å²) in [4.78, 5) is 19.9. The maximum absolute atomic E-state index is 12.6. The fourth-order valence-corrected chi connectivity index (χ4v) is 2.48. The van der Waals surface area contributed by atoms with Crippen LogP contribution in [0.5, 0.6) is 0 Å². The number of urea groups is 1. The van der Waals surface area contributed by atoms with Crippen LogP contribution in [-0.2, 0) is 7.05 Å². The quantitative estimate of drug-likeness (QED) is 0.728. The van der Waals surface area contributed by atoms with E-state index in [9.17, 15) is 4.79 Å². The van der Waals surface area contributed by atoms with Crippen molar-refractivity contribution < 1.29 is 4.79 Å². The Balaban J connectivity index is 1.88. The molecule has 0 spiro atoms. The largest absolute Gasteiger partial charge is 0.351 e. The number of aryl methyl sites for hydroxylation is 1. The van der Waals surface area contributed by atoms with Crippen LogP contribution >= 0.6 is 0 Å². The van der Waals surface area contributed by atoms with Crippen LogP contribution in [-0.4, -0.2) is 29.7 Å². The maximum Gasteiger partial charge on any atom is 0.328 e. The fraction of sp³-hybridized carbons (Fsp3) is 0.176. The number of rotatable bonds is 2. The Labute approximate surface area is 129 Å². The van der Waals surface area contributed by atoms with Gasteiger partial charge in [0.2, 0.25) is 0 Å². The van der Waals surface area contributed by atoms with Gasteiger partial charge in [0.1, 0.15) is 0 Å². The van der Waals surface area contributed by atoms with E-state index in [4.69, 9.17) is 0 Å². The summed E-state index contributed by atoms with van der Waals surface area (Å²) in [6.45, 7) is 0. The number of nitrogens with zero attached hydrogens (tertiary/aromatic N) is 4. The van der Waals surface area contributed by atoms with Gasteiger partial charge in [0, 0.05) is 50.1 Å². The molecule has 2 heterocycles. The van der Waals surface area contributed by atoms with Gasteiger partial charge in [-0.25, -0.2) is 4.79 Å². The topological polar surface area (TPSA) is 41.4 Å². The number of aromatic nitrogens is 2. The van der Waals surface area contributed by atoms with Crippen LogP contribution in [0, 0.1) is 0 Å². The molecule has 0 fully saturated rings. The molecule has 2 amide bonds. The second-order valence-corrected chi connectivity index (χ2v) is 5.28. The Kier molecular flexibility index (Phi) is 3.55. The number of hydrogen-bond acceptors (Lipinski definition) is 2. The lowest BCUT2D eigenvalue weighted by atomic mass is 10.2. The van der Waals surface area contributed by atoms with E-state index in [2.05, 4.69) is 9.55 Å². The van der Waals surface area contributed by atoms with E-state index in [0.717, 1.165) is 22.3 Å². The molecule has 2 aromatic heterocycles. The smallest absolute Gasteiger partial charge is 0.328 e. The Bertz CT molecular complexity index is 810. The van der Waals surface area contributed by atoms with Gasteiger partial charge in [0.05, 0.1) is 11.9 Å². The van der Waals surface area contributed by atoms with Crippen molar-refractivity contribution in [2.75, 3.05) is 23.9 Å². The highest BCUT2D eigenvalue weighted by molar-refractivity contribution is 6.03. The number of hydrogen-bond donors (Lipinski definition) is 0. The minimum absolute atomic E-state index is 0.108. The van der Waals surface area contributed by atoms with E-state index < -0.39 is 0 Å². The van der Waals surface area contributed by atoms with Gasteiger partial charge < -0.3 is 4.57 Å². The zero-order valence-corrected chi connectivity index (χ0v) is 12.9. The second-order valence-electron chi connectivity index (χ2n) is 5.28.